The van der Waals surface area contributed by atoms with Gasteiger partial charge in [-0.3, -0.25) is 14.5 Å². The Kier molecular flexibility index (Phi) is 4.85. The molecule has 2 aliphatic heterocycles. The van der Waals surface area contributed by atoms with Crippen LogP contribution >= 0.6 is 0 Å². The van der Waals surface area contributed by atoms with E-state index in [0.29, 0.717) is 36.0 Å². The third-order valence-corrected chi connectivity index (χ3v) is 5.36. The molecule has 1 atom stereocenters. The molecular weight excluding hydrogens is 386 g/mol. The molecule has 0 radical (unpaired) electrons. The lowest BCUT2D eigenvalue weighted by Gasteiger charge is -2.25. The van der Waals surface area contributed by atoms with Crippen LogP contribution in [0.4, 0.5) is 10.5 Å². The molecule has 0 spiro atoms. The van der Waals surface area contributed by atoms with E-state index in [1.807, 2.05) is 32.0 Å². The van der Waals surface area contributed by atoms with E-state index in [9.17, 15) is 14.4 Å². The smallest absolute Gasteiger partial charge is 0.325 e. The predicted molar refractivity (Wildman–Crippen MR) is 110 cm³/mol. The van der Waals surface area contributed by atoms with Crippen molar-refractivity contribution in [2.75, 3.05) is 25.1 Å². The third-order valence-electron chi connectivity index (χ3n) is 5.36. The molecule has 2 aromatic carbocycles. The Labute approximate surface area is 174 Å². The van der Waals surface area contributed by atoms with Crippen LogP contribution in [-0.4, -0.2) is 42.5 Å². The molecule has 0 aromatic heterocycles. The summed E-state index contributed by atoms with van der Waals surface area (Å²) < 4.78 is 11.1. The van der Waals surface area contributed by atoms with Gasteiger partial charge in [-0.05, 0) is 55.7 Å². The van der Waals surface area contributed by atoms with Crippen LogP contribution in [0.1, 0.15) is 23.6 Å². The number of hydrogen-bond donors (Lipinski definition) is 2. The SMILES string of the molecule is Cc1ccc(C)c(NC(=O)CN2C(=O)NC(C)(c3ccc4c(c3)OCCO4)C2=O)c1. The van der Waals surface area contributed by atoms with E-state index in [0.717, 1.165) is 16.0 Å². The summed E-state index contributed by atoms with van der Waals surface area (Å²) in [5.74, 6) is 0.169. The molecular formula is C22H23N3O5. The van der Waals surface area contributed by atoms with Gasteiger partial charge in [0.25, 0.3) is 5.91 Å². The van der Waals surface area contributed by atoms with Crippen LogP contribution in [0.5, 0.6) is 11.5 Å². The first kappa shape index (κ1) is 19.8. The van der Waals surface area contributed by atoms with Crippen molar-refractivity contribution in [1.29, 1.82) is 0 Å². The fourth-order valence-corrected chi connectivity index (χ4v) is 3.59. The molecule has 4 rings (SSSR count). The quantitative estimate of drug-likeness (QED) is 0.757. The first-order valence-electron chi connectivity index (χ1n) is 9.69. The van der Waals surface area contributed by atoms with Crippen LogP contribution < -0.4 is 20.1 Å². The minimum absolute atomic E-state index is 0.377. The number of carbonyl (C=O) groups excluding carboxylic acids is 3. The molecule has 0 saturated carbocycles. The minimum atomic E-state index is -1.30. The number of nitrogens with one attached hydrogen (secondary N) is 2. The van der Waals surface area contributed by atoms with Crippen molar-refractivity contribution in [1.82, 2.24) is 10.2 Å². The lowest BCUT2D eigenvalue weighted by Crippen LogP contribution is -2.42. The maximum atomic E-state index is 13.1. The molecule has 2 aliphatic rings. The van der Waals surface area contributed by atoms with Crippen molar-refractivity contribution >= 4 is 23.5 Å². The Morgan fingerprint density at radius 2 is 1.83 bits per heavy atom. The van der Waals surface area contributed by atoms with Gasteiger partial charge in [-0.1, -0.05) is 18.2 Å². The summed E-state index contributed by atoms with van der Waals surface area (Å²) in [5.41, 5.74) is 1.81. The number of amides is 4. The number of carbonyl (C=O) groups is 3. The normalized spacial score (nSPS) is 20.2. The van der Waals surface area contributed by atoms with Crippen molar-refractivity contribution < 1.29 is 23.9 Å². The molecule has 2 heterocycles. The van der Waals surface area contributed by atoms with Crippen molar-refractivity contribution in [2.24, 2.45) is 0 Å². The highest BCUT2D eigenvalue weighted by Gasteiger charge is 2.49. The van der Waals surface area contributed by atoms with E-state index in [-0.39, 0.29) is 6.54 Å². The van der Waals surface area contributed by atoms with Crippen LogP contribution in [0.25, 0.3) is 0 Å². The van der Waals surface area contributed by atoms with Crippen LogP contribution in [0.2, 0.25) is 0 Å². The highest BCUT2D eigenvalue weighted by atomic mass is 16.6. The second kappa shape index (κ2) is 7.37. The zero-order valence-corrected chi connectivity index (χ0v) is 17.1. The number of urea groups is 1. The Bertz CT molecular complexity index is 1050. The van der Waals surface area contributed by atoms with Crippen LogP contribution in [0, 0.1) is 13.8 Å². The maximum Gasteiger partial charge on any atom is 0.325 e. The number of fused-ring (bicyclic) bond motifs is 1. The molecule has 0 bridgehead atoms. The van der Waals surface area contributed by atoms with E-state index in [2.05, 4.69) is 10.6 Å². The summed E-state index contributed by atoms with van der Waals surface area (Å²) in [7, 11) is 0. The molecule has 30 heavy (non-hydrogen) atoms. The number of nitrogens with zero attached hydrogens (tertiary/aromatic N) is 1. The summed E-state index contributed by atoms with van der Waals surface area (Å²) in [4.78, 5) is 39.1. The molecule has 1 unspecified atom stereocenters. The number of rotatable bonds is 4. The number of hydrogen-bond acceptors (Lipinski definition) is 5. The summed E-state index contributed by atoms with van der Waals surface area (Å²) in [6.07, 6.45) is 0. The molecule has 8 heteroatoms. The molecule has 4 amide bonds. The fraction of sp³-hybridized carbons (Fsp3) is 0.318. The first-order valence-corrected chi connectivity index (χ1v) is 9.69. The monoisotopic (exact) mass is 409 g/mol. The Hall–Kier alpha value is -3.55. The first-order chi connectivity index (χ1) is 14.3. The molecule has 1 fully saturated rings. The zero-order chi connectivity index (χ0) is 21.5. The van der Waals surface area contributed by atoms with Crippen molar-refractivity contribution in [3.05, 3.63) is 53.1 Å². The molecule has 8 nitrogen and oxygen atoms in total. The molecule has 0 aliphatic carbocycles. The highest BCUT2D eigenvalue weighted by molar-refractivity contribution is 6.10. The van der Waals surface area contributed by atoms with E-state index in [1.165, 1.54) is 0 Å². The standard InChI is InChI=1S/C22H23N3O5/c1-13-4-5-14(2)16(10-13)23-19(26)12-25-20(27)22(3,24-21(25)28)15-6-7-17-18(11-15)30-9-8-29-17/h4-7,10-11H,8-9,12H2,1-3H3,(H,23,26)(H,24,28). The summed E-state index contributed by atoms with van der Waals surface area (Å²) in [5, 5.41) is 5.48. The van der Waals surface area contributed by atoms with E-state index in [1.54, 1.807) is 25.1 Å². The molecule has 156 valence electrons. The molecule has 2 N–H and O–H groups in total. The molecule has 2 aromatic rings. The van der Waals surface area contributed by atoms with Crippen LogP contribution in [0.3, 0.4) is 0 Å². The maximum absolute atomic E-state index is 13.1. The Morgan fingerprint density at radius 1 is 1.10 bits per heavy atom. The predicted octanol–water partition coefficient (Wildman–Crippen LogP) is 2.48. The van der Waals surface area contributed by atoms with Crippen molar-refractivity contribution in [2.45, 2.75) is 26.3 Å². The second-order valence-electron chi connectivity index (χ2n) is 7.67. The summed E-state index contributed by atoms with van der Waals surface area (Å²) >= 11 is 0. The van der Waals surface area contributed by atoms with Crippen LogP contribution in [0.15, 0.2) is 36.4 Å². The zero-order valence-electron chi connectivity index (χ0n) is 17.1. The van der Waals surface area contributed by atoms with Gasteiger partial charge in [0.05, 0.1) is 0 Å². The number of anilines is 1. The Balaban J connectivity index is 1.52. The van der Waals surface area contributed by atoms with E-state index >= 15 is 0 Å². The van der Waals surface area contributed by atoms with Gasteiger partial charge in [0.15, 0.2) is 11.5 Å². The van der Waals surface area contributed by atoms with Gasteiger partial charge in [-0.15, -0.1) is 0 Å². The van der Waals surface area contributed by atoms with Crippen LogP contribution in [-0.2, 0) is 15.1 Å². The van der Waals surface area contributed by atoms with E-state index < -0.39 is 23.4 Å². The lowest BCUT2D eigenvalue weighted by molar-refractivity contribution is -0.133. The van der Waals surface area contributed by atoms with Crippen molar-refractivity contribution in [3.63, 3.8) is 0 Å². The van der Waals surface area contributed by atoms with Gasteiger partial charge in [0.1, 0.15) is 25.3 Å². The van der Waals surface area contributed by atoms with Gasteiger partial charge in [0.2, 0.25) is 5.91 Å². The average molecular weight is 409 g/mol. The summed E-state index contributed by atoms with van der Waals surface area (Å²) in [6, 6.07) is 10.2. The minimum Gasteiger partial charge on any atom is -0.486 e. The fourth-order valence-electron chi connectivity index (χ4n) is 3.59. The number of benzene rings is 2. The largest absolute Gasteiger partial charge is 0.486 e. The highest BCUT2D eigenvalue weighted by Crippen LogP contribution is 2.36. The van der Waals surface area contributed by atoms with E-state index in [4.69, 9.17) is 9.47 Å². The number of aryl methyl sites for hydroxylation is 2. The van der Waals surface area contributed by atoms with Gasteiger partial charge >= 0.3 is 6.03 Å². The number of ether oxygens (including phenoxy) is 2. The van der Waals surface area contributed by atoms with Gasteiger partial charge in [-0.25, -0.2) is 4.79 Å². The van der Waals surface area contributed by atoms with Gasteiger partial charge in [-0.2, -0.15) is 0 Å². The second-order valence-corrected chi connectivity index (χ2v) is 7.67. The average Bonchev–Trinajstić information content (AvgIpc) is 2.94. The third kappa shape index (κ3) is 3.45. The summed E-state index contributed by atoms with van der Waals surface area (Å²) in [6.45, 7) is 5.91. The topological polar surface area (TPSA) is 97.0 Å². The Morgan fingerprint density at radius 3 is 2.60 bits per heavy atom. The lowest BCUT2D eigenvalue weighted by atomic mass is 9.91. The van der Waals surface area contributed by atoms with Crippen molar-refractivity contribution in [3.8, 4) is 11.5 Å². The number of imide groups is 1. The van der Waals surface area contributed by atoms with Gasteiger partial charge in [0, 0.05) is 5.69 Å². The van der Waals surface area contributed by atoms with Gasteiger partial charge < -0.3 is 20.1 Å². The molecule has 1 saturated heterocycles.